The Balaban J connectivity index is 1.85. The summed E-state index contributed by atoms with van der Waals surface area (Å²) in [6, 6.07) is 12.5. The fourth-order valence-corrected chi connectivity index (χ4v) is 4.08. The molecule has 0 saturated heterocycles. The zero-order valence-electron chi connectivity index (χ0n) is 19.4. The number of carbonyl (C=O) groups excluding carboxylic acids is 1. The van der Waals surface area contributed by atoms with Crippen molar-refractivity contribution in [1.82, 2.24) is 4.98 Å². The van der Waals surface area contributed by atoms with Gasteiger partial charge in [0.2, 0.25) is 5.91 Å². The van der Waals surface area contributed by atoms with Crippen molar-refractivity contribution in [3.8, 4) is 0 Å². The van der Waals surface area contributed by atoms with Gasteiger partial charge in [-0.15, -0.1) is 0 Å². The number of pyridine rings is 1. The number of nitrogens with two attached hydrogens (primary N) is 1. The molecule has 198 valence electrons. The van der Waals surface area contributed by atoms with E-state index in [0.29, 0.717) is 10.6 Å². The molecule has 0 fully saturated rings. The highest BCUT2D eigenvalue weighted by molar-refractivity contribution is 7.80. The van der Waals surface area contributed by atoms with Crippen LogP contribution in [0.1, 0.15) is 34.7 Å². The molecule has 3 aromatic rings. The molecule has 13 heteroatoms. The Hall–Kier alpha value is -3.22. The molecule has 2 aromatic carbocycles. The maximum absolute atomic E-state index is 14.6. The number of halogens is 5. The third kappa shape index (κ3) is 7.40. The van der Waals surface area contributed by atoms with Gasteiger partial charge in [-0.1, -0.05) is 35.9 Å². The maximum atomic E-state index is 14.6. The van der Waals surface area contributed by atoms with Gasteiger partial charge in [0, 0.05) is 18.6 Å². The molecule has 0 aliphatic heterocycles. The summed E-state index contributed by atoms with van der Waals surface area (Å²) in [5.41, 5.74) is 5.69. The van der Waals surface area contributed by atoms with Crippen LogP contribution in [-0.2, 0) is 35.2 Å². The number of nitrogens with zero attached hydrogens (tertiary/aromatic N) is 2. The van der Waals surface area contributed by atoms with Crippen LogP contribution in [0.2, 0.25) is 5.02 Å². The largest absolute Gasteiger partial charge is 0.433 e. The lowest BCUT2D eigenvalue weighted by atomic mass is 9.91. The van der Waals surface area contributed by atoms with Gasteiger partial charge in [0.05, 0.1) is 11.6 Å². The lowest BCUT2D eigenvalue weighted by Crippen LogP contribution is -2.23. The van der Waals surface area contributed by atoms with Crippen molar-refractivity contribution in [3.63, 3.8) is 0 Å². The van der Waals surface area contributed by atoms with Crippen molar-refractivity contribution >= 4 is 40.3 Å². The molecular formula is C24H23ClF4N4O3S. The van der Waals surface area contributed by atoms with Crippen LogP contribution in [0.3, 0.4) is 0 Å². The fourth-order valence-electron chi connectivity index (χ4n) is 3.64. The van der Waals surface area contributed by atoms with E-state index in [2.05, 4.69) is 10.3 Å². The monoisotopic (exact) mass is 558 g/mol. The van der Waals surface area contributed by atoms with E-state index >= 15 is 0 Å². The summed E-state index contributed by atoms with van der Waals surface area (Å²) in [6.07, 6.45) is -4.50. The second kappa shape index (κ2) is 11.9. The molecule has 1 amide bonds. The summed E-state index contributed by atoms with van der Waals surface area (Å²) in [5.74, 6) is -2.58. The average molecular weight is 559 g/mol. The smallest absolute Gasteiger partial charge is 0.369 e. The number of nitrogens with one attached hydrogen (secondary N) is 1. The van der Waals surface area contributed by atoms with Crippen LogP contribution < -0.4 is 15.4 Å². The number of aryl methyl sites for hydroxylation is 1. The number of alkyl halides is 3. The third-order valence-corrected chi connectivity index (χ3v) is 6.55. The number of hydrogen-bond donors (Lipinski definition) is 3. The summed E-state index contributed by atoms with van der Waals surface area (Å²) < 4.78 is 75.6. The van der Waals surface area contributed by atoms with Gasteiger partial charge < -0.3 is 11.1 Å². The summed E-state index contributed by atoms with van der Waals surface area (Å²) in [7, 11) is 1.22. The van der Waals surface area contributed by atoms with E-state index in [1.807, 2.05) is 0 Å². The first-order chi connectivity index (χ1) is 17.4. The normalized spacial score (nSPS) is 13.2. The minimum atomic E-state index is -4.66. The van der Waals surface area contributed by atoms with Gasteiger partial charge in [-0.2, -0.15) is 13.2 Å². The molecule has 7 nitrogen and oxygen atoms in total. The van der Waals surface area contributed by atoms with Crippen molar-refractivity contribution in [2.45, 2.75) is 31.5 Å². The van der Waals surface area contributed by atoms with Gasteiger partial charge in [0.25, 0.3) is 11.3 Å². The number of anilines is 2. The second-order valence-electron chi connectivity index (χ2n) is 8.11. The van der Waals surface area contributed by atoms with Gasteiger partial charge in [-0.3, -0.25) is 13.7 Å². The molecular weight excluding hydrogens is 536 g/mol. The van der Waals surface area contributed by atoms with E-state index in [1.165, 1.54) is 25.2 Å². The third-order valence-electron chi connectivity index (χ3n) is 5.64. The zero-order valence-corrected chi connectivity index (χ0v) is 21.0. The summed E-state index contributed by atoms with van der Waals surface area (Å²) >= 11 is 3.42. The van der Waals surface area contributed by atoms with Crippen molar-refractivity contribution < 1.29 is 31.1 Å². The Morgan fingerprint density at radius 2 is 1.86 bits per heavy atom. The summed E-state index contributed by atoms with van der Waals surface area (Å²) in [5, 5.41) is 3.42. The van der Waals surface area contributed by atoms with Crippen LogP contribution in [0.5, 0.6) is 0 Å². The number of hydrogen-bond acceptors (Lipinski definition) is 4. The van der Waals surface area contributed by atoms with Crippen molar-refractivity contribution in [1.29, 1.82) is 0 Å². The molecule has 0 aliphatic rings. The summed E-state index contributed by atoms with van der Waals surface area (Å²) in [4.78, 5) is 15.9. The summed E-state index contributed by atoms with van der Waals surface area (Å²) in [6.45, 7) is 0.171. The predicted octanol–water partition coefficient (Wildman–Crippen LogP) is 5.28. The topological polar surface area (TPSA) is 109 Å². The van der Waals surface area contributed by atoms with E-state index in [0.717, 1.165) is 22.0 Å². The van der Waals surface area contributed by atoms with Gasteiger partial charge >= 0.3 is 6.18 Å². The van der Waals surface area contributed by atoms with Crippen molar-refractivity contribution in [2.75, 3.05) is 16.7 Å². The van der Waals surface area contributed by atoms with E-state index in [9.17, 15) is 26.6 Å². The molecule has 4 N–H and O–H groups in total. The highest BCUT2D eigenvalue weighted by Gasteiger charge is 2.33. The first-order valence-corrected chi connectivity index (χ1v) is 12.3. The molecule has 0 radical (unpaired) electrons. The Morgan fingerprint density at radius 1 is 1.19 bits per heavy atom. The quantitative estimate of drug-likeness (QED) is 0.232. The van der Waals surface area contributed by atoms with E-state index < -0.39 is 40.8 Å². The number of primary amides is 1. The van der Waals surface area contributed by atoms with E-state index in [1.54, 1.807) is 24.3 Å². The molecule has 0 saturated carbocycles. The number of carbonyl (C=O) groups is 1. The molecule has 1 aromatic heterocycles. The van der Waals surface area contributed by atoms with Crippen LogP contribution in [-0.4, -0.2) is 26.7 Å². The van der Waals surface area contributed by atoms with Crippen LogP contribution in [0.4, 0.5) is 29.1 Å². The number of amides is 1. The Bertz CT molecular complexity index is 1290. The zero-order chi connectivity index (χ0) is 27.3. The number of rotatable bonds is 10. The molecule has 0 spiro atoms. The molecule has 2 unspecified atom stereocenters. The average Bonchev–Trinajstić information content (AvgIpc) is 2.83. The lowest BCUT2D eigenvalue weighted by molar-refractivity contribution is -0.141. The standard InChI is InChI=1S/C24H23ClF4N4O3S/c1-33(37(35)36)20-10-5-16(12-19(20)26)18(22(30)34)9-4-15-6-11-21(24(27,28)29)32-23(15)31-13-14-2-7-17(25)8-3-14/h2-3,5-8,10-12,18H,4,9,13H2,1H3,(H2,30,34)(H,31,32)(H,35,36). The van der Waals surface area contributed by atoms with Crippen molar-refractivity contribution in [2.24, 2.45) is 5.73 Å². The highest BCUT2D eigenvalue weighted by Crippen LogP contribution is 2.32. The molecule has 2 atom stereocenters. The van der Waals surface area contributed by atoms with Crippen LogP contribution in [0.15, 0.2) is 54.6 Å². The van der Waals surface area contributed by atoms with E-state index in [4.69, 9.17) is 21.9 Å². The number of aromatic nitrogens is 1. The van der Waals surface area contributed by atoms with Crippen molar-refractivity contribution in [3.05, 3.63) is 87.8 Å². The molecule has 3 rings (SSSR count). The maximum Gasteiger partial charge on any atom is 0.433 e. The first kappa shape index (κ1) is 28.4. The second-order valence-corrected chi connectivity index (χ2v) is 9.56. The first-order valence-electron chi connectivity index (χ1n) is 10.9. The highest BCUT2D eigenvalue weighted by atomic mass is 35.5. The Kier molecular flexibility index (Phi) is 9.11. The lowest BCUT2D eigenvalue weighted by Gasteiger charge is -2.19. The minimum absolute atomic E-state index is 0.0124. The number of benzene rings is 2. The van der Waals surface area contributed by atoms with Gasteiger partial charge in [0.1, 0.15) is 17.3 Å². The molecule has 0 bridgehead atoms. The molecule has 0 aliphatic carbocycles. The van der Waals surface area contributed by atoms with Gasteiger partial charge in [-0.25, -0.2) is 13.6 Å². The Morgan fingerprint density at radius 3 is 2.43 bits per heavy atom. The molecule has 1 heterocycles. The van der Waals surface area contributed by atoms with Crippen LogP contribution in [0, 0.1) is 5.82 Å². The minimum Gasteiger partial charge on any atom is -0.369 e. The van der Waals surface area contributed by atoms with Gasteiger partial charge in [-0.05, 0) is 59.9 Å². The fraction of sp³-hybridized carbons (Fsp3) is 0.250. The Labute approximate surface area is 218 Å². The van der Waals surface area contributed by atoms with E-state index in [-0.39, 0.29) is 36.5 Å². The van der Waals surface area contributed by atoms with Crippen LogP contribution in [0.25, 0.3) is 0 Å². The SMILES string of the molecule is CN(c1ccc(C(CCc2ccc(C(F)(F)F)nc2NCc2ccc(Cl)cc2)C(N)=O)cc1F)S(=O)O. The van der Waals surface area contributed by atoms with Crippen LogP contribution >= 0.6 is 11.6 Å². The van der Waals surface area contributed by atoms with Gasteiger partial charge in [0.15, 0.2) is 0 Å². The molecule has 37 heavy (non-hydrogen) atoms. The predicted molar refractivity (Wildman–Crippen MR) is 134 cm³/mol.